The summed E-state index contributed by atoms with van der Waals surface area (Å²) in [4.78, 5) is 11.9. The molecule has 2 nitrogen and oxygen atoms in total. The Hall–Kier alpha value is -0.570. The number of nitrogens with one attached hydrogen (secondary N) is 1. The van der Waals surface area contributed by atoms with Gasteiger partial charge in [-0.25, -0.2) is 0 Å². The fourth-order valence-electron chi connectivity index (χ4n) is 1.57. The van der Waals surface area contributed by atoms with Crippen LogP contribution in [0.25, 0.3) is 0 Å². The third-order valence-electron chi connectivity index (χ3n) is 2.57. The van der Waals surface area contributed by atoms with Crippen LogP contribution in [0.1, 0.15) is 30.1 Å². The summed E-state index contributed by atoms with van der Waals surface area (Å²) in [7, 11) is 0. The van der Waals surface area contributed by atoms with Crippen molar-refractivity contribution >= 4 is 29.8 Å². The maximum absolute atomic E-state index is 11.9. The number of rotatable bonds is 4. The number of halogens is 2. The van der Waals surface area contributed by atoms with Gasteiger partial charge in [-0.15, -0.1) is 12.4 Å². The molecular weight excluding hydrogens is 245 g/mol. The van der Waals surface area contributed by atoms with E-state index < -0.39 is 0 Å². The van der Waals surface area contributed by atoms with E-state index in [2.05, 4.69) is 5.32 Å². The second-order valence-corrected chi connectivity index (χ2v) is 4.47. The van der Waals surface area contributed by atoms with Crippen molar-refractivity contribution < 1.29 is 4.79 Å². The quantitative estimate of drug-likeness (QED) is 0.843. The van der Waals surface area contributed by atoms with Crippen molar-refractivity contribution in [1.29, 1.82) is 0 Å². The molecule has 1 aromatic rings. The van der Waals surface area contributed by atoms with Crippen LogP contribution in [0.15, 0.2) is 24.3 Å². The highest BCUT2D eigenvalue weighted by atomic mass is 35.5. The van der Waals surface area contributed by atoms with Gasteiger partial charge in [0, 0.05) is 16.6 Å². The first-order valence-corrected chi connectivity index (χ1v) is 5.60. The van der Waals surface area contributed by atoms with Gasteiger partial charge in [-0.05, 0) is 31.9 Å². The Morgan fingerprint density at radius 2 is 2.19 bits per heavy atom. The minimum atomic E-state index is -0.115. The molecule has 0 amide bonds. The van der Waals surface area contributed by atoms with Gasteiger partial charge in [-0.1, -0.05) is 23.7 Å². The van der Waals surface area contributed by atoms with Crippen LogP contribution in [0, 0.1) is 0 Å². The first-order chi connectivity index (χ1) is 7.16. The number of hydrogen-bond acceptors (Lipinski definition) is 2. The van der Waals surface area contributed by atoms with E-state index in [0.29, 0.717) is 16.6 Å². The Kier molecular flexibility index (Phi) is 4.78. The molecule has 1 saturated carbocycles. The first kappa shape index (κ1) is 13.5. The van der Waals surface area contributed by atoms with Crippen molar-refractivity contribution in [3.05, 3.63) is 34.9 Å². The summed E-state index contributed by atoms with van der Waals surface area (Å²) in [5, 5.41) is 3.89. The number of hydrogen-bond donors (Lipinski definition) is 1. The second kappa shape index (κ2) is 5.67. The van der Waals surface area contributed by atoms with Gasteiger partial charge in [-0.2, -0.15) is 0 Å². The van der Waals surface area contributed by atoms with Gasteiger partial charge in [0.05, 0.1) is 6.04 Å². The molecule has 1 atom stereocenters. The van der Waals surface area contributed by atoms with Crippen LogP contribution < -0.4 is 5.32 Å². The molecule has 88 valence electrons. The van der Waals surface area contributed by atoms with Crippen molar-refractivity contribution in [3.63, 3.8) is 0 Å². The Bertz CT molecular complexity index is 377. The van der Waals surface area contributed by atoms with Gasteiger partial charge in [0.1, 0.15) is 0 Å². The topological polar surface area (TPSA) is 29.1 Å². The minimum absolute atomic E-state index is 0. The van der Waals surface area contributed by atoms with E-state index in [4.69, 9.17) is 11.6 Å². The van der Waals surface area contributed by atoms with E-state index in [0.717, 1.165) is 0 Å². The average Bonchev–Trinajstić information content (AvgIpc) is 3.00. The molecule has 0 bridgehead atoms. The Balaban J connectivity index is 0.00000128. The van der Waals surface area contributed by atoms with Crippen LogP contribution in [0.3, 0.4) is 0 Å². The van der Waals surface area contributed by atoms with Gasteiger partial charge in [0.2, 0.25) is 0 Å². The standard InChI is InChI=1S/C12H14ClNO.ClH/c1-8(14-11-5-6-11)12(15)9-3-2-4-10(13)7-9;/h2-4,7-8,11,14H,5-6H2,1H3;1H/t8-;/m1./s1. The lowest BCUT2D eigenvalue weighted by Gasteiger charge is -2.11. The van der Waals surface area contributed by atoms with Crippen molar-refractivity contribution in [2.45, 2.75) is 31.8 Å². The van der Waals surface area contributed by atoms with Gasteiger partial charge in [0.15, 0.2) is 5.78 Å². The summed E-state index contributed by atoms with van der Waals surface area (Å²) < 4.78 is 0. The van der Waals surface area contributed by atoms with Crippen molar-refractivity contribution in [3.8, 4) is 0 Å². The van der Waals surface area contributed by atoms with Gasteiger partial charge in [-0.3, -0.25) is 4.79 Å². The Labute approximate surface area is 107 Å². The largest absolute Gasteiger partial charge is 0.305 e. The normalized spacial score (nSPS) is 16.4. The molecule has 1 fully saturated rings. The molecule has 1 aliphatic carbocycles. The summed E-state index contributed by atoms with van der Waals surface area (Å²) in [6.45, 7) is 1.90. The van der Waals surface area contributed by atoms with Crippen LogP contribution in [-0.2, 0) is 0 Å². The monoisotopic (exact) mass is 259 g/mol. The summed E-state index contributed by atoms with van der Waals surface area (Å²) in [5.74, 6) is 0.115. The molecule has 1 aliphatic rings. The SMILES string of the molecule is C[C@@H](NC1CC1)C(=O)c1cccc(Cl)c1.Cl. The highest BCUT2D eigenvalue weighted by molar-refractivity contribution is 6.31. The molecule has 0 spiro atoms. The zero-order valence-corrected chi connectivity index (χ0v) is 10.6. The molecule has 16 heavy (non-hydrogen) atoms. The number of benzene rings is 1. The van der Waals surface area contributed by atoms with E-state index in [9.17, 15) is 4.79 Å². The van der Waals surface area contributed by atoms with Crippen molar-refractivity contribution in [2.24, 2.45) is 0 Å². The van der Waals surface area contributed by atoms with Gasteiger partial charge < -0.3 is 5.32 Å². The second-order valence-electron chi connectivity index (χ2n) is 4.04. The smallest absolute Gasteiger partial charge is 0.179 e. The molecule has 4 heteroatoms. The van der Waals surface area contributed by atoms with Gasteiger partial charge >= 0.3 is 0 Å². The molecule has 0 aliphatic heterocycles. The molecule has 0 unspecified atom stereocenters. The Morgan fingerprint density at radius 3 is 2.75 bits per heavy atom. The predicted octanol–water partition coefficient (Wildman–Crippen LogP) is 3.09. The average molecular weight is 260 g/mol. The third kappa shape index (κ3) is 3.48. The van der Waals surface area contributed by atoms with Crippen LogP contribution in [0.2, 0.25) is 5.02 Å². The van der Waals surface area contributed by atoms with E-state index in [1.54, 1.807) is 24.3 Å². The highest BCUT2D eigenvalue weighted by Gasteiger charge is 2.26. The zero-order chi connectivity index (χ0) is 10.8. The van der Waals surface area contributed by atoms with Crippen LogP contribution in [0.4, 0.5) is 0 Å². The Morgan fingerprint density at radius 1 is 1.50 bits per heavy atom. The minimum Gasteiger partial charge on any atom is -0.305 e. The van der Waals surface area contributed by atoms with Crippen LogP contribution in [-0.4, -0.2) is 17.9 Å². The fourth-order valence-corrected chi connectivity index (χ4v) is 1.76. The molecule has 1 N–H and O–H groups in total. The van der Waals surface area contributed by atoms with Crippen LogP contribution >= 0.6 is 24.0 Å². The third-order valence-corrected chi connectivity index (χ3v) is 2.80. The summed E-state index contributed by atoms with van der Waals surface area (Å²) in [5.41, 5.74) is 0.683. The van der Waals surface area contributed by atoms with Crippen molar-refractivity contribution in [1.82, 2.24) is 5.32 Å². The molecule has 0 radical (unpaired) electrons. The van der Waals surface area contributed by atoms with E-state index >= 15 is 0 Å². The first-order valence-electron chi connectivity index (χ1n) is 5.22. The molecule has 2 rings (SSSR count). The summed E-state index contributed by atoms with van der Waals surface area (Å²) >= 11 is 5.84. The highest BCUT2D eigenvalue weighted by Crippen LogP contribution is 2.20. The van der Waals surface area contributed by atoms with Crippen LogP contribution in [0.5, 0.6) is 0 Å². The zero-order valence-electron chi connectivity index (χ0n) is 9.07. The lowest BCUT2D eigenvalue weighted by Crippen LogP contribution is -2.35. The van der Waals surface area contributed by atoms with E-state index in [1.807, 2.05) is 6.92 Å². The molecular formula is C12H15Cl2NO. The maximum atomic E-state index is 11.9. The number of carbonyl (C=O) groups excluding carboxylic acids is 1. The van der Waals surface area contributed by atoms with E-state index in [1.165, 1.54) is 12.8 Å². The lowest BCUT2D eigenvalue weighted by atomic mass is 10.1. The van der Waals surface area contributed by atoms with Gasteiger partial charge in [0.25, 0.3) is 0 Å². The summed E-state index contributed by atoms with van der Waals surface area (Å²) in [6, 6.07) is 7.53. The molecule has 1 aromatic carbocycles. The fraction of sp³-hybridized carbons (Fsp3) is 0.417. The number of ketones is 1. The molecule has 0 heterocycles. The number of carbonyl (C=O) groups is 1. The van der Waals surface area contributed by atoms with Crippen molar-refractivity contribution in [2.75, 3.05) is 0 Å². The lowest BCUT2D eigenvalue weighted by molar-refractivity contribution is 0.0950. The maximum Gasteiger partial charge on any atom is 0.179 e. The number of Topliss-reactive ketones (excluding diaryl/α,β-unsaturated/α-hetero) is 1. The van der Waals surface area contributed by atoms with E-state index in [-0.39, 0.29) is 24.2 Å². The molecule has 0 saturated heterocycles. The molecule has 0 aromatic heterocycles. The summed E-state index contributed by atoms with van der Waals surface area (Å²) in [6.07, 6.45) is 2.38. The predicted molar refractivity (Wildman–Crippen MR) is 68.7 cm³/mol.